The molecule has 15 heavy (non-hydrogen) atoms. The van der Waals surface area contributed by atoms with Crippen LogP contribution in [0.5, 0.6) is 5.75 Å². The summed E-state index contributed by atoms with van der Waals surface area (Å²) in [6, 6.07) is 5.98. The number of para-hydroxylation sites is 1. The van der Waals surface area contributed by atoms with E-state index in [4.69, 9.17) is 5.11 Å². The first-order valence-corrected chi connectivity index (χ1v) is 3.62. The van der Waals surface area contributed by atoms with Gasteiger partial charge >= 0.3 is 49.7 Å². The maximum absolute atomic E-state index is 10.6. The minimum absolute atomic E-state index is 0. The van der Waals surface area contributed by atoms with Crippen LogP contribution in [-0.2, 0) is 4.79 Å². The zero-order valence-electron chi connectivity index (χ0n) is 8.19. The molecule has 5 nitrogen and oxygen atoms in total. The molecule has 0 spiro atoms. The van der Waals surface area contributed by atoms with Crippen molar-refractivity contribution in [3.63, 3.8) is 0 Å². The maximum Gasteiger partial charge on any atom is 2.00 e. The van der Waals surface area contributed by atoms with Crippen LogP contribution in [0.2, 0.25) is 0 Å². The fraction of sp³-hybridized carbons (Fsp3) is 0.111. The average molecular weight is 238 g/mol. The van der Waals surface area contributed by atoms with E-state index in [2.05, 4.69) is 4.74 Å². The van der Waals surface area contributed by atoms with Crippen LogP contribution in [0.3, 0.4) is 0 Å². The molecule has 0 atom stereocenters. The smallest absolute Gasteiger partial charge is 0.478 e. The number of carboxylic acid groups (broad SMARTS) is 1. The number of benzene rings is 1. The molecule has 0 fully saturated rings. The van der Waals surface area contributed by atoms with Crippen LogP contribution in [0.4, 0.5) is 0 Å². The molecule has 3 N–H and O–H groups in total. The van der Waals surface area contributed by atoms with Crippen molar-refractivity contribution < 1.29 is 24.9 Å². The molecule has 1 aromatic carbocycles. The molecule has 0 saturated carbocycles. The minimum atomic E-state index is -1.11. The van der Waals surface area contributed by atoms with Gasteiger partial charge in [0.1, 0.15) is 11.3 Å². The van der Waals surface area contributed by atoms with Crippen LogP contribution in [0, 0.1) is 0 Å². The van der Waals surface area contributed by atoms with Crippen molar-refractivity contribution in [3.8, 4) is 5.75 Å². The molecule has 0 radical (unpaired) electrons. The number of hydrogen-bond acceptors (Lipinski definition) is 3. The number of aromatic carboxylic acids is 1. The predicted molar refractivity (Wildman–Crippen MR) is 54.1 cm³/mol. The molecule has 6 heteroatoms. The predicted octanol–water partition coefficient (Wildman–Crippen LogP) is 0.105. The van der Waals surface area contributed by atoms with Gasteiger partial charge in [0.2, 0.25) is 0 Å². The third-order valence-corrected chi connectivity index (χ3v) is 1.37. The number of carbonyl (C=O) groups is 2. The second-order valence-electron chi connectivity index (χ2n) is 2.39. The Hall–Kier alpha value is -0.620. The Kier molecular flexibility index (Phi) is 8.56. The first-order chi connectivity index (χ1) is 6.11. The largest absolute Gasteiger partial charge is 2.00 e. The molecule has 0 amide bonds. The molecule has 0 aromatic heterocycles. The fourth-order valence-electron chi connectivity index (χ4n) is 0.887. The summed E-state index contributed by atoms with van der Waals surface area (Å²) in [5, 5.41) is 8.69. The van der Waals surface area contributed by atoms with Crippen molar-refractivity contribution in [2.75, 3.05) is 0 Å². The van der Waals surface area contributed by atoms with Crippen LogP contribution in [0.15, 0.2) is 24.3 Å². The summed E-state index contributed by atoms with van der Waals surface area (Å²) in [4.78, 5) is 21.2. The molecule has 0 aliphatic rings. The topological polar surface area (TPSA) is 95.1 Å². The van der Waals surface area contributed by atoms with E-state index >= 15 is 0 Å². The second-order valence-corrected chi connectivity index (χ2v) is 2.39. The third-order valence-electron chi connectivity index (χ3n) is 1.37. The monoisotopic (exact) mass is 238 g/mol. The van der Waals surface area contributed by atoms with Gasteiger partial charge in [-0.25, -0.2) is 4.79 Å². The van der Waals surface area contributed by atoms with Gasteiger partial charge in [0.05, 0.1) is 0 Å². The summed E-state index contributed by atoms with van der Waals surface area (Å²) < 4.78 is 4.69. The van der Waals surface area contributed by atoms with Gasteiger partial charge < -0.3 is 15.3 Å². The van der Waals surface area contributed by atoms with E-state index in [1.165, 1.54) is 19.1 Å². The minimum Gasteiger partial charge on any atom is -0.478 e. The Morgan fingerprint density at radius 2 is 1.80 bits per heavy atom. The molecule has 0 bridgehead atoms. The number of carboxylic acids is 1. The van der Waals surface area contributed by atoms with Gasteiger partial charge in [-0.15, -0.1) is 0 Å². The number of ether oxygens (including phenoxy) is 1. The van der Waals surface area contributed by atoms with E-state index in [9.17, 15) is 9.59 Å². The Labute approximate surface area is 116 Å². The Morgan fingerprint density at radius 3 is 2.27 bits per heavy atom. The van der Waals surface area contributed by atoms with E-state index < -0.39 is 11.9 Å². The van der Waals surface area contributed by atoms with Crippen LogP contribution in [-0.4, -0.2) is 60.3 Å². The average Bonchev–Trinajstić information content (AvgIpc) is 2.03. The van der Waals surface area contributed by atoms with Gasteiger partial charge in [0, 0.05) is 6.92 Å². The van der Waals surface area contributed by atoms with E-state index in [0.29, 0.717) is 0 Å². The number of esters is 1. The fourth-order valence-corrected chi connectivity index (χ4v) is 0.887. The molecule has 76 valence electrons. The standard InChI is InChI=1S/C9H8O4.Ca.H2O/c1-6(10)13-8-5-3-2-4-7(8)9(11)12;;/h2-5H,1H3,(H,11,12);;1H2/q;+2;. The summed E-state index contributed by atoms with van der Waals surface area (Å²) in [6.07, 6.45) is 0. The van der Waals surface area contributed by atoms with Crippen molar-refractivity contribution in [2.24, 2.45) is 0 Å². The van der Waals surface area contributed by atoms with Crippen molar-refractivity contribution in [1.82, 2.24) is 0 Å². The summed E-state index contributed by atoms with van der Waals surface area (Å²) in [7, 11) is 0. The van der Waals surface area contributed by atoms with E-state index in [1.54, 1.807) is 12.1 Å². The number of rotatable bonds is 2. The number of hydrogen-bond donors (Lipinski definition) is 1. The maximum atomic E-state index is 10.6. The van der Waals surface area contributed by atoms with Crippen molar-refractivity contribution >= 4 is 49.7 Å². The molecule has 0 heterocycles. The second kappa shape index (κ2) is 7.64. The summed E-state index contributed by atoms with van der Waals surface area (Å²) in [5.74, 6) is -1.58. The Morgan fingerprint density at radius 1 is 1.27 bits per heavy atom. The number of carbonyl (C=O) groups excluding carboxylic acids is 1. The Balaban J connectivity index is 0. The molecule has 0 aliphatic carbocycles. The zero-order valence-corrected chi connectivity index (χ0v) is 10.4. The van der Waals surface area contributed by atoms with Gasteiger partial charge in [0.15, 0.2) is 0 Å². The third kappa shape index (κ3) is 5.13. The molecule has 0 saturated heterocycles. The zero-order chi connectivity index (χ0) is 9.84. The summed E-state index contributed by atoms with van der Waals surface area (Å²) >= 11 is 0. The molecule has 1 rings (SSSR count). The van der Waals surface area contributed by atoms with Crippen molar-refractivity contribution in [1.29, 1.82) is 0 Å². The molecular formula is C9H10CaO5+2. The van der Waals surface area contributed by atoms with E-state index in [0.717, 1.165) is 0 Å². The summed E-state index contributed by atoms with van der Waals surface area (Å²) in [6.45, 7) is 1.22. The van der Waals surface area contributed by atoms with Crippen LogP contribution in [0.25, 0.3) is 0 Å². The van der Waals surface area contributed by atoms with E-state index in [1.807, 2.05) is 0 Å². The summed E-state index contributed by atoms with van der Waals surface area (Å²) in [5.41, 5.74) is -0.0160. The van der Waals surface area contributed by atoms with E-state index in [-0.39, 0.29) is 54.5 Å². The molecule has 0 aliphatic heterocycles. The van der Waals surface area contributed by atoms with Crippen molar-refractivity contribution in [2.45, 2.75) is 6.92 Å². The van der Waals surface area contributed by atoms with Gasteiger partial charge in [-0.05, 0) is 12.1 Å². The molecule has 0 unspecified atom stereocenters. The van der Waals surface area contributed by atoms with Gasteiger partial charge in [-0.1, -0.05) is 12.1 Å². The SMILES string of the molecule is CC(=O)Oc1ccccc1C(=O)O.O.[Ca+2]. The molecule has 1 aromatic rings. The van der Waals surface area contributed by atoms with Gasteiger partial charge in [0.25, 0.3) is 0 Å². The molecular weight excluding hydrogens is 228 g/mol. The normalized spacial score (nSPS) is 8.07. The van der Waals surface area contributed by atoms with Gasteiger partial charge in [-0.3, -0.25) is 4.79 Å². The first-order valence-electron chi connectivity index (χ1n) is 3.62. The van der Waals surface area contributed by atoms with Crippen molar-refractivity contribution in [3.05, 3.63) is 29.8 Å². The first kappa shape index (κ1) is 16.8. The quantitative estimate of drug-likeness (QED) is 0.449. The van der Waals surface area contributed by atoms with Crippen LogP contribution >= 0.6 is 0 Å². The van der Waals surface area contributed by atoms with Gasteiger partial charge in [-0.2, -0.15) is 0 Å². The van der Waals surface area contributed by atoms with Crippen LogP contribution in [0.1, 0.15) is 17.3 Å². The Bertz CT molecular complexity index is 350. The van der Waals surface area contributed by atoms with Crippen LogP contribution < -0.4 is 4.74 Å².